The van der Waals surface area contributed by atoms with E-state index in [1.54, 1.807) is 6.07 Å². The minimum absolute atomic E-state index is 0.464. The summed E-state index contributed by atoms with van der Waals surface area (Å²) >= 11 is 0. The summed E-state index contributed by atoms with van der Waals surface area (Å²) in [7, 11) is 0. The van der Waals surface area contributed by atoms with E-state index in [0.29, 0.717) is 5.69 Å². The van der Waals surface area contributed by atoms with Crippen LogP contribution in [0.15, 0.2) is 65.6 Å². The highest BCUT2D eigenvalue weighted by Crippen LogP contribution is 2.15. The summed E-state index contributed by atoms with van der Waals surface area (Å²) in [4.78, 5) is 21.6. The number of aromatic nitrogens is 2. The van der Waals surface area contributed by atoms with Gasteiger partial charge in [0, 0.05) is 0 Å². The largest absolute Gasteiger partial charge is 0.353 e. The summed E-state index contributed by atoms with van der Waals surface area (Å²) in [6, 6.07) is 17.5. The molecule has 2 aromatic carbocycles. The SMILES string of the molecule is O=c1[nH]n(-c2cccc(Cc3ccccc3)c2)cc1[N+](=O)[O-]. The molecule has 3 rings (SSSR count). The number of nitrogens with one attached hydrogen (secondary N) is 1. The molecule has 0 spiro atoms. The van der Waals surface area contributed by atoms with E-state index in [2.05, 4.69) is 5.10 Å². The molecule has 0 bridgehead atoms. The lowest BCUT2D eigenvalue weighted by Crippen LogP contribution is -2.06. The third-order valence-corrected chi connectivity index (χ3v) is 3.34. The highest BCUT2D eigenvalue weighted by Gasteiger charge is 2.15. The molecule has 0 aliphatic carbocycles. The van der Waals surface area contributed by atoms with Crippen molar-refractivity contribution in [1.29, 1.82) is 0 Å². The molecular weight excluding hydrogens is 282 g/mol. The van der Waals surface area contributed by atoms with Crippen LogP contribution in [-0.2, 0) is 6.42 Å². The molecule has 110 valence electrons. The number of hydrogen-bond acceptors (Lipinski definition) is 3. The maximum Gasteiger partial charge on any atom is 0.353 e. The maximum atomic E-state index is 11.5. The second kappa shape index (κ2) is 5.69. The first-order valence-electron chi connectivity index (χ1n) is 6.73. The summed E-state index contributed by atoms with van der Waals surface area (Å²) in [6.45, 7) is 0. The number of nitrogens with zero attached hydrogens (tertiary/aromatic N) is 2. The van der Waals surface area contributed by atoms with Gasteiger partial charge >= 0.3 is 11.2 Å². The molecule has 0 aliphatic heterocycles. The molecule has 0 aliphatic rings. The number of H-pyrrole nitrogens is 1. The van der Waals surface area contributed by atoms with Gasteiger partial charge in [0.25, 0.3) is 0 Å². The predicted octanol–water partition coefficient (Wildman–Crippen LogP) is 2.66. The van der Waals surface area contributed by atoms with E-state index in [4.69, 9.17) is 0 Å². The number of aromatic amines is 1. The van der Waals surface area contributed by atoms with Crippen molar-refractivity contribution in [2.45, 2.75) is 6.42 Å². The summed E-state index contributed by atoms with van der Waals surface area (Å²) in [5.41, 5.74) is 1.73. The summed E-state index contributed by atoms with van der Waals surface area (Å²) < 4.78 is 1.37. The zero-order valence-electron chi connectivity index (χ0n) is 11.6. The van der Waals surface area contributed by atoms with E-state index < -0.39 is 16.2 Å². The summed E-state index contributed by atoms with van der Waals surface area (Å²) in [6.07, 6.45) is 1.95. The van der Waals surface area contributed by atoms with Gasteiger partial charge in [-0.25, -0.2) is 0 Å². The molecule has 0 saturated carbocycles. The fourth-order valence-electron chi connectivity index (χ4n) is 2.30. The van der Waals surface area contributed by atoms with Gasteiger partial charge in [-0.2, -0.15) is 0 Å². The van der Waals surface area contributed by atoms with Crippen LogP contribution >= 0.6 is 0 Å². The Kier molecular flexibility index (Phi) is 3.57. The van der Waals surface area contributed by atoms with Crippen molar-refractivity contribution < 1.29 is 4.92 Å². The second-order valence-electron chi connectivity index (χ2n) is 4.91. The minimum atomic E-state index is -0.710. The predicted molar refractivity (Wildman–Crippen MR) is 82.3 cm³/mol. The Morgan fingerprint density at radius 3 is 2.45 bits per heavy atom. The van der Waals surface area contributed by atoms with Crippen molar-refractivity contribution in [3.05, 3.63) is 92.4 Å². The third-order valence-electron chi connectivity index (χ3n) is 3.34. The van der Waals surface area contributed by atoms with Crippen LogP contribution in [0, 0.1) is 10.1 Å². The Morgan fingerprint density at radius 1 is 1.05 bits per heavy atom. The fourth-order valence-corrected chi connectivity index (χ4v) is 2.30. The number of hydrogen-bond donors (Lipinski definition) is 1. The number of nitro groups is 1. The van der Waals surface area contributed by atoms with Crippen LogP contribution in [0.25, 0.3) is 5.69 Å². The lowest BCUT2D eigenvalue weighted by Gasteiger charge is -2.06. The standard InChI is InChI=1S/C16H13N3O3/c20-16-15(19(21)22)11-18(17-16)14-8-4-7-13(10-14)9-12-5-2-1-3-6-12/h1-8,10-11H,9H2,(H,17,20). The van der Waals surface area contributed by atoms with Crippen LogP contribution in [0.4, 0.5) is 5.69 Å². The quantitative estimate of drug-likeness (QED) is 0.593. The Labute approximate surface area is 125 Å². The fraction of sp³-hybridized carbons (Fsp3) is 0.0625. The van der Waals surface area contributed by atoms with Gasteiger partial charge in [0.05, 0.1) is 10.6 Å². The zero-order valence-corrected chi connectivity index (χ0v) is 11.6. The van der Waals surface area contributed by atoms with Crippen LogP contribution in [0.5, 0.6) is 0 Å². The highest BCUT2D eigenvalue weighted by molar-refractivity contribution is 5.39. The van der Waals surface area contributed by atoms with Gasteiger partial charge in [0.2, 0.25) is 0 Å². The Hall–Kier alpha value is -3.15. The first kappa shape index (κ1) is 13.8. The van der Waals surface area contributed by atoms with Gasteiger partial charge in [-0.3, -0.25) is 24.7 Å². The highest BCUT2D eigenvalue weighted by atomic mass is 16.6. The van der Waals surface area contributed by atoms with Crippen LogP contribution in [0.3, 0.4) is 0 Å². The monoisotopic (exact) mass is 295 g/mol. The van der Waals surface area contributed by atoms with Crippen molar-refractivity contribution in [1.82, 2.24) is 9.78 Å². The Bertz CT molecular complexity index is 866. The van der Waals surface area contributed by atoms with Gasteiger partial charge < -0.3 is 0 Å². The van der Waals surface area contributed by atoms with E-state index in [1.807, 2.05) is 48.5 Å². The van der Waals surface area contributed by atoms with Crippen LogP contribution in [0.1, 0.15) is 11.1 Å². The molecule has 3 aromatic rings. The van der Waals surface area contributed by atoms with Crippen molar-refractivity contribution in [2.24, 2.45) is 0 Å². The summed E-state index contributed by atoms with van der Waals surface area (Å²) in [5, 5.41) is 13.2. The van der Waals surface area contributed by atoms with E-state index in [9.17, 15) is 14.9 Å². The molecule has 0 saturated heterocycles. The maximum absolute atomic E-state index is 11.5. The summed E-state index contributed by atoms with van der Waals surface area (Å²) in [5.74, 6) is 0. The van der Waals surface area contributed by atoms with Gasteiger partial charge in [0.15, 0.2) is 0 Å². The molecule has 22 heavy (non-hydrogen) atoms. The van der Waals surface area contributed by atoms with Gasteiger partial charge in [-0.1, -0.05) is 42.5 Å². The zero-order chi connectivity index (χ0) is 15.5. The van der Waals surface area contributed by atoms with Crippen molar-refractivity contribution in [2.75, 3.05) is 0 Å². The average molecular weight is 295 g/mol. The van der Waals surface area contributed by atoms with E-state index in [-0.39, 0.29) is 0 Å². The molecule has 0 fully saturated rings. The molecule has 1 N–H and O–H groups in total. The Balaban J connectivity index is 1.93. The van der Waals surface area contributed by atoms with Gasteiger partial charge in [-0.05, 0) is 29.7 Å². The third kappa shape index (κ3) is 2.80. The number of benzene rings is 2. The first-order chi connectivity index (χ1) is 10.6. The molecule has 6 nitrogen and oxygen atoms in total. The van der Waals surface area contributed by atoms with Crippen molar-refractivity contribution in [3.63, 3.8) is 0 Å². The van der Waals surface area contributed by atoms with Crippen LogP contribution in [-0.4, -0.2) is 14.7 Å². The van der Waals surface area contributed by atoms with Crippen molar-refractivity contribution >= 4 is 5.69 Å². The van der Waals surface area contributed by atoms with Crippen LogP contribution < -0.4 is 5.56 Å². The van der Waals surface area contributed by atoms with Gasteiger partial charge in [-0.15, -0.1) is 0 Å². The smallest absolute Gasteiger partial charge is 0.260 e. The minimum Gasteiger partial charge on any atom is -0.260 e. The van der Waals surface area contributed by atoms with Crippen LogP contribution in [0.2, 0.25) is 0 Å². The Morgan fingerprint density at radius 2 is 1.77 bits per heavy atom. The molecule has 1 aromatic heterocycles. The molecule has 0 unspecified atom stereocenters. The molecule has 0 radical (unpaired) electrons. The van der Waals surface area contributed by atoms with Crippen molar-refractivity contribution in [3.8, 4) is 5.69 Å². The number of rotatable bonds is 4. The van der Waals surface area contributed by atoms with E-state index in [0.717, 1.165) is 12.0 Å². The lowest BCUT2D eigenvalue weighted by atomic mass is 10.0. The average Bonchev–Trinajstić information content (AvgIpc) is 2.91. The lowest BCUT2D eigenvalue weighted by molar-refractivity contribution is -0.386. The molecular formula is C16H13N3O3. The normalized spacial score (nSPS) is 10.5. The van der Waals surface area contributed by atoms with E-state index in [1.165, 1.54) is 16.4 Å². The van der Waals surface area contributed by atoms with E-state index >= 15 is 0 Å². The second-order valence-corrected chi connectivity index (χ2v) is 4.91. The first-order valence-corrected chi connectivity index (χ1v) is 6.73. The van der Waals surface area contributed by atoms with Gasteiger partial charge in [0.1, 0.15) is 6.20 Å². The molecule has 0 amide bonds. The molecule has 0 atom stereocenters. The topological polar surface area (TPSA) is 80.9 Å². The molecule has 1 heterocycles. The molecule has 6 heteroatoms.